The Morgan fingerprint density at radius 2 is 1.93 bits per heavy atom. The summed E-state index contributed by atoms with van der Waals surface area (Å²) in [5, 5.41) is 0. The number of carbonyl (C=O) groups is 1. The van der Waals surface area contributed by atoms with Crippen LogP contribution in [0.5, 0.6) is 5.75 Å². The van der Waals surface area contributed by atoms with Gasteiger partial charge in [0.2, 0.25) is 0 Å². The Morgan fingerprint density at radius 3 is 2.47 bits per heavy atom. The molecule has 0 amide bonds. The lowest BCUT2D eigenvalue weighted by Gasteiger charge is -1.98. The van der Waals surface area contributed by atoms with Gasteiger partial charge in [0.1, 0.15) is 12.0 Å². The number of hydrogen-bond donors (Lipinski definition) is 0. The van der Waals surface area contributed by atoms with Gasteiger partial charge in [-0.25, -0.2) is 0 Å². The number of methoxy groups -OCH3 is 1. The van der Waals surface area contributed by atoms with Gasteiger partial charge in [-0.2, -0.15) is 0 Å². The number of aldehydes is 1. The van der Waals surface area contributed by atoms with Crippen LogP contribution in [0.1, 0.15) is 12.5 Å². The normalized spacial score (nSPS) is 11.7. The van der Waals surface area contributed by atoms with Gasteiger partial charge in [0.15, 0.2) is 0 Å². The molecule has 1 aromatic carbocycles. The number of benzene rings is 1. The molecule has 0 radical (unpaired) electrons. The molecule has 0 bridgehead atoms. The van der Waals surface area contributed by atoms with E-state index in [2.05, 4.69) is 0 Å². The first-order valence-corrected chi connectivity index (χ1v) is 4.70. The van der Waals surface area contributed by atoms with Gasteiger partial charge in [-0.3, -0.25) is 4.79 Å². The van der Waals surface area contributed by atoms with Crippen LogP contribution in [0, 0.1) is 0 Å². The molecule has 0 spiro atoms. The molecule has 0 heterocycles. The minimum atomic E-state index is 0.785. The Morgan fingerprint density at radius 1 is 1.27 bits per heavy atom. The summed E-state index contributed by atoms with van der Waals surface area (Å²) in [7, 11) is 1.64. The second kappa shape index (κ2) is 5.81. The molecular formula is C13H14O2. The molecule has 0 saturated carbocycles. The Kier molecular flexibility index (Phi) is 4.35. The number of carbonyl (C=O) groups excluding carboxylic acids is 1. The van der Waals surface area contributed by atoms with Crippen LogP contribution in [0.2, 0.25) is 0 Å². The van der Waals surface area contributed by atoms with Crippen molar-refractivity contribution in [1.82, 2.24) is 0 Å². The predicted octanol–water partition coefficient (Wildman–Crippen LogP) is 2.85. The van der Waals surface area contributed by atoms with E-state index in [0.29, 0.717) is 0 Å². The largest absolute Gasteiger partial charge is 0.497 e. The molecule has 0 aliphatic carbocycles. The second-order valence-corrected chi connectivity index (χ2v) is 3.15. The minimum Gasteiger partial charge on any atom is -0.497 e. The summed E-state index contributed by atoms with van der Waals surface area (Å²) in [4.78, 5) is 10.2. The molecule has 2 heteroatoms. The van der Waals surface area contributed by atoms with Crippen molar-refractivity contribution in [3.8, 4) is 5.75 Å². The third-order valence-corrected chi connectivity index (χ3v) is 1.99. The molecule has 0 atom stereocenters. The third kappa shape index (κ3) is 3.81. The summed E-state index contributed by atoms with van der Waals surface area (Å²) in [5.41, 5.74) is 2.01. The SMILES string of the molecule is COc1ccc(C=C/C(C)=C/C=O)cc1. The summed E-state index contributed by atoms with van der Waals surface area (Å²) >= 11 is 0. The van der Waals surface area contributed by atoms with E-state index in [9.17, 15) is 4.79 Å². The molecule has 0 aromatic heterocycles. The highest BCUT2D eigenvalue weighted by Gasteiger charge is 1.89. The second-order valence-electron chi connectivity index (χ2n) is 3.15. The van der Waals surface area contributed by atoms with E-state index < -0.39 is 0 Å². The average molecular weight is 202 g/mol. The summed E-state index contributed by atoms with van der Waals surface area (Å²) in [6.07, 6.45) is 6.17. The fourth-order valence-electron chi connectivity index (χ4n) is 1.11. The van der Waals surface area contributed by atoms with Crippen LogP contribution in [0.15, 0.2) is 42.0 Å². The highest BCUT2D eigenvalue weighted by molar-refractivity contribution is 5.68. The fraction of sp³-hybridized carbons (Fsp3) is 0.154. The molecular weight excluding hydrogens is 188 g/mol. The molecule has 1 rings (SSSR count). The topological polar surface area (TPSA) is 26.3 Å². The molecule has 0 saturated heterocycles. The van der Waals surface area contributed by atoms with Crippen LogP contribution in [-0.4, -0.2) is 13.4 Å². The lowest BCUT2D eigenvalue weighted by Crippen LogP contribution is -1.81. The Hall–Kier alpha value is -1.83. The van der Waals surface area contributed by atoms with Crippen molar-refractivity contribution in [3.05, 3.63) is 47.6 Å². The van der Waals surface area contributed by atoms with Crippen LogP contribution in [0.4, 0.5) is 0 Å². The van der Waals surface area contributed by atoms with Gasteiger partial charge in [0.05, 0.1) is 7.11 Å². The van der Waals surface area contributed by atoms with Crippen molar-refractivity contribution in [2.75, 3.05) is 7.11 Å². The van der Waals surface area contributed by atoms with Gasteiger partial charge in [-0.1, -0.05) is 24.3 Å². The zero-order valence-corrected chi connectivity index (χ0v) is 8.94. The van der Waals surface area contributed by atoms with Gasteiger partial charge in [0.25, 0.3) is 0 Å². The van der Waals surface area contributed by atoms with Crippen LogP contribution < -0.4 is 4.74 Å². The summed E-state index contributed by atoms with van der Waals surface area (Å²) in [6.45, 7) is 1.88. The van der Waals surface area contributed by atoms with Gasteiger partial charge in [-0.15, -0.1) is 0 Å². The number of ether oxygens (including phenoxy) is 1. The van der Waals surface area contributed by atoms with E-state index in [-0.39, 0.29) is 0 Å². The Labute approximate surface area is 89.9 Å². The quantitative estimate of drug-likeness (QED) is 0.426. The molecule has 78 valence electrons. The lowest BCUT2D eigenvalue weighted by atomic mass is 10.1. The van der Waals surface area contributed by atoms with Crippen LogP contribution in [0.3, 0.4) is 0 Å². The minimum absolute atomic E-state index is 0.785. The van der Waals surface area contributed by atoms with Crippen molar-refractivity contribution >= 4 is 12.4 Å². The van der Waals surface area contributed by atoms with E-state index in [1.54, 1.807) is 7.11 Å². The summed E-state index contributed by atoms with van der Waals surface area (Å²) in [5.74, 6) is 0.840. The zero-order chi connectivity index (χ0) is 11.1. The standard InChI is InChI=1S/C13H14O2/c1-11(9-10-14)3-4-12-5-7-13(15-2)8-6-12/h3-10H,1-2H3/b4-3?,11-9+. The molecule has 0 unspecified atom stereocenters. The predicted molar refractivity (Wildman–Crippen MR) is 61.8 cm³/mol. The van der Waals surface area contributed by atoms with E-state index in [1.165, 1.54) is 6.08 Å². The van der Waals surface area contributed by atoms with E-state index >= 15 is 0 Å². The highest BCUT2D eigenvalue weighted by Crippen LogP contribution is 2.12. The first kappa shape index (κ1) is 11.2. The first-order valence-electron chi connectivity index (χ1n) is 4.70. The van der Waals surface area contributed by atoms with Crippen molar-refractivity contribution in [2.24, 2.45) is 0 Å². The van der Waals surface area contributed by atoms with E-state index in [0.717, 1.165) is 23.2 Å². The number of rotatable bonds is 4. The van der Waals surface area contributed by atoms with Gasteiger partial charge in [0, 0.05) is 0 Å². The number of hydrogen-bond acceptors (Lipinski definition) is 2. The molecule has 15 heavy (non-hydrogen) atoms. The van der Waals surface area contributed by atoms with Crippen LogP contribution in [-0.2, 0) is 4.79 Å². The van der Waals surface area contributed by atoms with Gasteiger partial charge >= 0.3 is 0 Å². The monoisotopic (exact) mass is 202 g/mol. The van der Waals surface area contributed by atoms with E-state index in [4.69, 9.17) is 4.74 Å². The maximum atomic E-state index is 10.2. The molecule has 0 N–H and O–H groups in total. The Bertz CT molecular complexity index is 372. The molecule has 2 nitrogen and oxygen atoms in total. The smallest absolute Gasteiger partial charge is 0.143 e. The first-order chi connectivity index (χ1) is 7.26. The fourth-order valence-corrected chi connectivity index (χ4v) is 1.11. The average Bonchev–Trinajstić information content (AvgIpc) is 2.27. The maximum Gasteiger partial charge on any atom is 0.143 e. The van der Waals surface area contributed by atoms with Gasteiger partial charge in [-0.05, 0) is 36.3 Å². The molecule has 1 aromatic rings. The maximum absolute atomic E-state index is 10.2. The number of allylic oxidation sites excluding steroid dienone is 3. The van der Waals surface area contributed by atoms with Gasteiger partial charge < -0.3 is 4.74 Å². The van der Waals surface area contributed by atoms with Crippen molar-refractivity contribution in [1.29, 1.82) is 0 Å². The summed E-state index contributed by atoms with van der Waals surface area (Å²) < 4.78 is 5.05. The molecule has 0 aliphatic rings. The van der Waals surface area contributed by atoms with Crippen molar-refractivity contribution in [3.63, 3.8) is 0 Å². The summed E-state index contributed by atoms with van der Waals surface area (Å²) in [6, 6.07) is 7.73. The van der Waals surface area contributed by atoms with Crippen molar-refractivity contribution < 1.29 is 9.53 Å². The lowest BCUT2D eigenvalue weighted by molar-refractivity contribution is -0.104. The van der Waals surface area contributed by atoms with Crippen LogP contribution >= 0.6 is 0 Å². The third-order valence-electron chi connectivity index (χ3n) is 1.99. The van der Waals surface area contributed by atoms with Crippen molar-refractivity contribution in [2.45, 2.75) is 6.92 Å². The van der Waals surface area contributed by atoms with E-state index in [1.807, 2.05) is 43.3 Å². The Balaban J connectivity index is 2.72. The van der Waals surface area contributed by atoms with Crippen LogP contribution in [0.25, 0.3) is 6.08 Å². The zero-order valence-electron chi connectivity index (χ0n) is 8.94. The highest BCUT2D eigenvalue weighted by atomic mass is 16.5. The molecule has 0 fully saturated rings. The molecule has 0 aliphatic heterocycles.